The maximum atomic E-state index is 12.3. The van der Waals surface area contributed by atoms with Crippen LogP contribution in [0.25, 0.3) is 0 Å². The predicted octanol–water partition coefficient (Wildman–Crippen LogP) is 0.641. The SMILES string of the molecule is N#CC1C[C@@H]2C[C@@H]2N1C(=O)C1CCCCN1. The van der Waals surface area contributed by atoms with Gasteiger partial charge in [0.25, 0.3) is 0 Å². The molecule has 0 aromatic carbocycles. The van der Waals surface area contributed by atoms with E-state index in [0.29, 0.717) is 12.0 Å². The average molecular weight is 219 g/mol. The first kappa shape index (κ1) is 10.1. The molecule has 2 heterocycles. The van der Waals surface area contributed by atoms with Gasteiger partial charge in [0.05, 0.1) is 12.1 Å². The van der Waals surface area contributed by atoms with Crippen molar-refractivity contribution < 1.29 is 4.79 Å². The Labute approximate surface area is 95.6 Å². The summed E-state index contributed by atoms with van der Waals surface area (Å²) in [5.41, 5.74) is 0. The molecule has 86 valence electrons. The molecule has 2 saturated heterocycles. The van der Waals surface area contributed by atoms with Gasteiger partial charge in [-0.1, -0.05) is 6.42 Å². The summed E-state index contributed by atoms with van der Waals surface area (Å²) < 4.78 is 0. The molecule has 0 spiro atoms. The monoisotopic (exact) mass is 219 g/mol. The summed E-state index contributed by atoms with van der Waals surface area (Å²) in [7, 11) is 0. The molecule has 3 aliphatic rings. The predicted molar refractivity (Wildman–Crippen MR) is 58.4 cm³/mol. The molecule has 0 radical (unpaired) electrons. The summed E-state index contributed by atoms with van der Waals surface area (Å²) in [5, 5.41) is 12.3. The largest absolute Gasteiger partial charge is 0.322 e. The van der Waals surface area contributed by atoms with Gasteiger partial charge in [-0.25, -0.2) is 0 Å². The smallest absolute Gasteiger partial charge is 0.241 e. The first-order valence-corrected chi connectivity index (χ1v) is 6.26. The standard InChI is InChI=1S/C12H17N3O/c13-7-9-5-8-6-11(8)15(9)12(16)10-3-1-2-4-14-10/h8-11,14H,1-6H2/t8-,9?,10?,11+/m1/s1. The molecule has 4 atom stereocenters. The zero-order chi connectivity index (χ0) is 11.1. The number of fused-ring (bicyclic) bond motifs is 1. The molecule has 4 nitrogen and oxygen atoms in total. The molecule has 3 rings (SSSR count). The lowest BCUT2D eigenvalue weighted by molar-refractivity contribution is -0.135. The summed E-state index contributed by atoms with van der Waals surface area (Å²) in [5.74, 6) is 0.799. The summed E-state index contributed by atoms with van der Waals surface area (Å²) in [6.45, 7) is 0.940. The second-order valence-electron chi connectivity index (χ2n) is 5.19. The van der Waals surface area contributed by atoms with Crippen LogP contribution in [-0.4, -0.2) is 35.5 Å². The van der Waals surface area contributed by atoms with Gasteiger partial charge in [0.2, 0.25) is 5.91 Å². The van der Waals surface area contributed by atoms with Crippen LogP contribution < -0.4 is 5.32 Å². The molecule has 4 heteroatoms. The molecule has 0 bridgehead atoms. The Hall–Kier alpha value is -1.08. The molecule has 2 unspecified atom stereocenters. The fraction of sp³-hybridized carbons (Fsp3) is 0.833. The van der Waals surface area contributed by atoms with E-state index in [2.05, 4.69) is 11.4 Å². The van der Waals surface area contributed by atoms with E-state index in [4.69, 9.17) is 5.26 Å². The van der Waals surface area contributed by atoms with Gasteiger partial charge < -0.3 is 10.2 Å². The quantitative estimate of drug-likeness (QED) is 0.704. The second kappa shape index (κ2) is 3.74. The first-order chi connectivity index (χ1) is 7.81. The van der Waals surface area contributed by atoms with Crippen molar-refractivity contribution in [3.8, 4) is 6.07 Å². The number of nitrogens with one attached hydrogen (secondary N) is 1. The fourth-order valence-corrected chi connectivity index (χ4v) is 3.13. The van der Waals surface area contributed by atoms with Crippen molar-refractivity contribution >= 4 is 5.91 Å². The van der Waals surface area contributed by atoms with Crippen molar-refractivity contribution in [3.63, 3.8) is 0 Å². The van der Waals surface area contributed by atoms with E-state index in [0.717, 1.165) is 38.6 Å². The third-order valence-electron chi connectivity index (χ3n) is 4.12. The van der Waals surface area contributed by atoms with Crippen molar-refractivity contribution in [2.24, 2.45) is 5.92 Å². The number of hydrogen-bond donors (Lipinski definition) is 1. The number of nitriles is 1. The lowest BCUT2D eigenvalue weighted by Gasteiger charge is -2.30. The van der Waals surface area contributed by atoms with Gasteiger partial charge in [-0.15, -0.1) is 0 Å². The highest BCUT2D eigenvalue weighted by Gasteiger charge is 2.54. The van der Waals surface area contributed by atoms with E-state index in [1.165, 1.54) is 0 Å². The van der Waals surface area contributed by atoms with Crippen LogP contribution in [0, 0.1) is 17.2 Å². The van der Waals surface area contributed by atoms with Crippen LogP contribution in [-0.2, 0) is 4.79 Å². The third-order valence-corrected chi connectivity index (χ3v) is 4.12. The van der Waals surface area contributed by atoms with E-state index in [1.807, 2.05) is 4.90 Å². The number of amides is 1. The maximum Gasteiger partial charge on any atom is 0.241 e. The van der Waals surface area contributed by atoms with E-state index in [1.54, 1.807) is 0 Å². The van der Waals surface area contributed by atoms with Gasteiger partial charge >= 0.3 is 0 Å². The van der Waals surface area contributed by atoms with Crippen molar-refractivity contribution in [3.05, 3.63) is 0 Å². The minimum absolute atomic E-state index is 0.0241. The number of hydrogen-bond acceptors (Lipinski definition) is 3. The van der Waals surface area contributed by atoms with Crippen LogP contribution in [0.5, 0.6) is 0 Å². The Morgan fingerprint density at radius 1 is 1.38 bits per heavy atom. The Kier molecular flexibility index (Phi) is 2.36. The zero-order valence-corrected chi connectivity index (χ0v) is 9.35. The summed E-state index contributed by atoms with van der Waals surface area (Å²) in [6.07, 6.45) is 5.25. The Bertz CT molecular complexity index is 343. The lowest BCUT2D eigenvalue weighted by Crippen LogP contribution is -2.51. The van der Waals surface area contributed by atoms with Gasteiger partial charge in [-0.2, -0.15) is 5.26 Å². The van der Waals surface area contributed by atoms with Crippen molar-refractivity contribution in [2.75, 3.05) is 6.54 Å². The molecule has 1 saturated carbocycles. The van der Waals surface area contributed by atoms with Crippen LogP contribution in [0.1, 0.15) is 32.1 Å². The number of carbonyl (C=O) groups excluding carboxylic acids is 1. The van der Waals surface area contributed by atoms with Crippen LogP contribution in [0.4, 0.5) is 0 Å². The second-order valence-corrected chi connectivity index (χ2v) is 5.19. The van der Waals surface area contributed by atoms with E-state index in [9.17, 15) is 4.79 Å². The summed E-state index contributed by atoms with van der Waals surface area (Å²) >= 11 is 0. The highest BCUT2D eigenvalue weighted by atomic mass is 16.2. The third kappa shape index (κ3) is 1.51. The highest BCUT2D eigenvalue weighted by Crippen LogP contribution is 2.47. The van der Waals surface area contributed by atoms with Crippen LogP contribution in [0.15, 0.2) is 0 Å². The molecule has 1 amide bonds. The number of rotatable bonds is 1. The van der Waals surface area contributed by atoms with Crippen molar-refractivity contribution in [2.45, 2.75) is 50.2 Å². The highest BCUT2D eigenvalue weighted by molar-refractivity contribution is 5.83. The molecule has 0 aromatic heterocycles. The number of likely N-dealkylation sites (tertiary alicyclic amines) is 1. The van der Waals surface area contributed by atoms with Gasteiger partial charge in [-0.3, -0.25) is 4.79 Å². The topological polar surface area (TPSA) is 56.1 Å². The molecular formula is C12H17N3O. The van der Waals surface area contributed by atoms with E-state index < -0.39 is 0 Å². The van der Waals surface area contributed by atoms with Crippen molar-refractivity contribution in [1.29, 1.82) is 5.26 Å². The average Bonchev–Trinajstić information content (AvgIpc) is 3.01. The van der Waals surface area contributed by atoms with Gasteiger partial charge in [0.15, 0.2) is 0 Å². The Morgan fingerprint density at radius 3 is 2.94 bits per heavy atom. The molecule has 1 N–H and O–H groups in total. The van der Waals surface area contributed by atoms with Crippen LogP contribution in [0.3, 0.4) is 0 Å². The molecule has 16 heavy (non-hydrogen) atoms. The number of carbonyl (C=O) groups is 1. The summed E-state index contributed by atoms with van der Waals surface area (Å²) in [6, 6.07) is 2.48. The van der Waals surface area contributed by atoms with Gasteiger partial charge in [0.1, 0.15) is 6.04 Å². The summed E-state index contributed by atoms with van der Waals surface area (Å²) in [4.78, 5) is 14.2. The Balaban J connectivity index is 1.71. The molecule has 1 aliphatic carbocycles. The normalized spacial score (nSPS) is 41.3. The Morgan fingerprint density at radius 2 is 2.25 bits per heavy atom. The molecule has 0 aromatic rings. The van der Waals surface area contributed by atoms with Gasteiger partial charge in [-0.05, 0) is 38.1 Å². The fourth-order valence-electron chi connectivity index (χ4n) is 3.13. The van der Waals surface area contributed by atoms with Crippen molar-refractivity contribution in [1.82, 2.24) is 10.2 Å². The number of piperidine rings is 2. The molecule has 2 aliphatic heterocycles. The van der Waals surface area contributed by atoms with Gasteiger partial charge in [0, 0.05) is 6.04 Å². The minimum atomic E-state index is -0.153. The van der Waals surface area contributed by atoms with E-state index in [-0.39, 0.29) is 18.0 Å². The molecular weight excluding hydrogens is 202 g/mol. The zero-order valence-electron chi connectivity index (χ0n) is 9.35. The molecule has 3 fully saturated rings. The minimum Gasteiger partial charge on any atom is -0.322 e. The van der Waals surface area contributed by atoms with Crippen LogP contribution in [0.2, 0.25) is 0 Å². The van der Waals surface area contributed by atoms with Crippen LogP contribution >= 0.6 is 0 Å². The van der Waals surface area contributed by atoms with E-state index >= 15 is 0 Å². The maximum absolute atomic E-state index is 12.3. The lowest BCUT2D eigenvalue weighted by atomic mass is 10.0. The number of nitrogens with zero attached hydrogens (tertiary/aromatic N) is 2. The first-order valence-electron chi connectivity index (χ1n) is 6.26.